The predicted octanol–water partition coefficient (Wildman–Crippen LogP) is 23.8. The number of hydrogen-bond acceptors (Lipinski definition) is 8. The molecule has 0 aliphatic carbocycles. The van der Waals surface area contributed by atoms with Crippen molar-refractivity contribution in [2.75, 3.05) is 47.5 Å². The van der Waals surface area contributed by atoms with E-state index in [1.165, 1.54) is 295 Å². The highest BCUT2D eigenvalue weighted by atomic mass is 31.2. The van der Waals surface area contributed by atoms with Crippen molar-refractivity contribution < 1.29 is 42.1 Å². The summed E-state index contributed by atoms with van der Waals surface area (Å²) in [5.74, 6) is -0.813. The van der Waals surface area contributed by atoms with E-state index in [4.69, 9.17) is 18.5 Å². The molecule has 2 atom stereocenters. The molecule has 0 radical (unpaired) electrons. The molecule has 0 fully saturated rings. The number of rotatable bonds is 70. The average Bonchev–Trinajstić information content (AvgIpc) is 3.70. The molecule has 0 rings (SSSR count). The van der Waals surface area contributed by atoms with Crippen molar-refractivity contribution in [3.05, 3.63) is 48.6 Å². The fraction of sp³-hybridized carbons (Fsp3) is 0.868. The number of likely N-dealkylation sites (N-methyl/N-ethyl adjacent to an activating group) is 1. The Morgan fingerprint density at radius 1 is 0.360 bits per heavy atom. The fourth-order valence-corrected chi connectivity index (χ4v) is 11.8. The Kier molecular flexibility index (Phi) is 65.8. The SMILES string of the molecule is CCCCCCC/C=C\C/C=C\C/C=C\CCCCCCCCCCCCCCCCCCCCC(=O)OC(COC(=O)CCCCCCCCCCCCCCCCCCC/C=C\CCCCCCCCCC)COP(=O)([O-])OCC[N+](C)(C)C. The topological polar surface area (TPSA) is 111 Å². The van der Waals surface area contributed by atoms with E-state index in [1.807, 2.05) is 21.1 Å². The van der Waals surface area contributed by atoms with E-state index >= 15 is 0 Å². The second-order valence-electron chi connectivity index (χ2n) is 26.7. The van der Waals surface area contributed by atoms with Crippen LogP contribution in [-0.4, -0.2) is 70.0 Å². The van der Waals surface area contributed by atoms with Gasteiger partial charge in [-0.1, -0.05) is 332 Å². The third-order valence-electron chi connectivity index (χ3n) is 16.8. The number of carbonyl (C=O) groups excluding carboxylic acids is 2. The molecule has 0 aliphatic rings. The first-order chi connectivity index (χ1) is 42.0. The lowest BCUT2D eigenvalue weighted by Gasteiger charge is -2.28. The standard InChI is InChI=1S/C76H144NO8P/c1-6-8-10-12-14-16-18-20-22-24-26-28-30-32-34-36-37-38-39-41-43-45-47-49-51-53-55-57-59-61-63-65-67-69-76(79)85-74(73-84-86(80,81)83-71-70-77(3,4)5)72-82-75(78)68-66-64-62-60-58-56-54-52-50-48-46-44-42-40-35-33-31-29-27-25-23-21-19-17-15-13-11-9-7-2/h18,20,24-27,30,32,74H,6-17,19,21-23,28-29,31,33-73H2,1-5H3/b20-18-,26-24-,27-25-,32-30-. The number of esters is 2. The van der Waals surface area contributed by atoms with Crippen LogP contribution in [0.5, 0.6) is 0 Å². The van der Waals surface area contributed by atoms with Crippen molar-refractivity contribution in [2.24, 2.45) is 0 Å². The van der Waals surface area contributed by atoms with Gasteiger partial charge < -0.3 is 27.9 Å². The highest BCUT2D eigenvalue weighted by molar-refractivity contribution is 7.45. The largest absolute Gasteiger partial charge is 0.756 e. The van der Waals surface area contributed by atoms with Crippen LogP contribution in [-0.2, 0) is 32.7 Å². The Morgan fingerprint density at radius 3 is 0.942 bits per heavy atom. The van der Waals surface area contributed by atoms with Gasteiger partial charge in [-0.2, -0.15) is 0 Å². The molecule has 506 valence electrons. The van der Waals surface area contributed by atoms with Gasteiger partial charge in [-0.25, -0.2) is 0 Å². The van der Waals surface area contributed by atoms with E-state index in [0.717, 1.165) is 44.9 Å². The van der Waals surface area contributed by atoms with Crippen LogP contribution in [0.4, 0.5) is 0 Å². The lowest BCUT2D eigenvalue weighted by atomic mass is 10.0. The molecule has 0 aromatic rings. The van der Waals surface area contributed by atoms with E-state index in [1.54, 1.807) is 0 Å². The van der Waals surface area contributed by atoms with Crippen LogP contribution >= 0.6 is 7.82 Å². The average molecular weight is 1230 g/mol. The minimum Gasteiger partial charge on any atom is -0.756 e. The molecule has 0 N–H and O–H groups in total. The molecule has 0 aromatic carbocycles. The van der Waals surface area contributed by atoms with Crippen LogP contribution in [0.15, 0.2) is 48.6 Å². The van der Waals surface area contributed by atoms with E-state index in [0.29, 0.717) is 17.4 Å². The summed E-state index contributed by atoms with van der Waals surface area (Å²) in [6, 6.07) is 0. The number of hydrogen-bond donors (Lipinski definition) is 0. The Bertz CT molecular complexity index is 1590. The van der Waals surface area contributed by atoms with Gasteiger partial charge in [0.25, 0.3) is 7.82 Å². The number of quaternary nitrogens is 1. The molecular weight excluding hydrogens is 1090 g/mol. The molecule has 0 saturated heterocycles. The van der Waals surface area contributed by atoms with Gasteiger partial charge in [0, 0.05) is 12.8 Å². The summed E-state index contributed by atoms with van der Waals surface area (Å²) in [7, 11) is 1.18. The molecule has 9 nitrogen and oxygen atoms in total. The highest BCUT2D eigenvalue weighted by Crippen LogP contribution is 2.38. The lowest BCUT2D eigenvalue weighted by molar-refractivity contribution is -0.870. The summed E-state index contributed by atoms with van der Waals surface area (Å²) >= 11 is 0. The summed E-state index contributed by atoms with van der Waals surface area (Å²) in [6.07, 6.45) is 87.8. The molecule has 0 saturated carbocycles. The summed E-state index contributed by atoms with van der Waals surface area (Å²) in [5, 5.41) is 0. The van der Waals surface area contributed by atoms with Crippen molar-refractivity contribution in [1.29, 1.82) is 0 Å². The monoisotopic (exact) mass is 1230 g/mol. The molecule has 2 unspecified atom stereocenters. The Morgan fingerprint density at radius 2 is 0.628 bits per heavy atom. The molecular formula is C76H144NO8P. The number of phosphoric ester groups is 1. The van der Waals surface area contributed by atoms with Crippen molar-refractivity contribution in [3.8, 4) is 0 Å². The van der Waals surface area contributed by atoms with Crippen LogP contribution in [0.25, 0.3) is 0 Å². The quantitative estimate of drug-likeness (QED) is 0.0195. The third kappa shape index (κ3) is 71.1. The molecule has 0 aromatic heterocycles. The van der Waals surface area contributed by atoms with Crippen LogP contribution in [0.3, 0.4) is 0 Å². The normalized spacial score (nSPS) is 13.3. The molecule has 86 heavy (non-hydrogen) atoms. The maximum absolute atomic E-state index is 12.9. The van der Waals surface area contributed by atoms with Crippen molar-refractivity contribution in [3.63, 3.8) is 0 Å². The van der Waals surface area contributed by atoms with Crippen LogP contribution in [0, 0.1) is 0 Å². The number of nitrogens with zero attached hydrogens (tertiary/aromatic N) is 1. The zero-order chi connectivity index (χ0) is 62.6. The fourth-order valence-electron chi connectivity index (χ4n) is 11.1. The van der Waals surface area contributed by atoms with Crippen molar-refractivity contribution in [1.82, 2.24) is 0 Å². The van der Waals surface area contributed by atoms with Gasteiger partial charge in [0.15, 0.2) is 6.10 Å². The summed E-state index contributed by atoms with van der Waals surface area (Å²) in [4.78, 5) is 38.1. The second kappa shape index (κ2) is 67.4. The number of ether oxygens (including phenoxy) is 2. The van der Waals surface area contributed by atoms with Gasteiger partial charge in [-0.05, 0) is 77.0 Å². The molecule has 0 aliphatic heterocycles. The Hall–Kier alpha value is -2.03. The van der Waals surface area contributed by atoms with Gasteiger partial charge in [-0.15, -0.1) is 0 Å². The first kappa shape index (κ1) is 84.0. The van der Waals surface area contributed by atoms with Crippen molar-refractivity contribution >= 4 is 19.8 Å². The number of carbonyl (C=O) groups is 2. The van der Waals surface area contributed by atoms with Gasteiger partial charge in [0.05, 0.1) is 27.7 Å². The summed E-state index contributed by atoms with van der Waals surface area (Å²) < 4.78 is 34.4. The van der Waals surface area contributed by atoms with Gasteiger partial charge in [0.2, 0.25) is 0 Å². The first-order valence-corrected chi connectivity index (χ1v) is 38.8. The van der Waals surface area contributed by atoms with E-state index in [9.17, 15) is 19.0 Å². The highest BCUT2D eigenvalue weighted by Gasteiger charge is 2.22. The van der Waals surface area contributed by atoms with Gasteiger partial charge >= 0.3 is 11.9 Å². The smallest absolute Gasteiger partial charge is 0.306 e. The molecule has 0 spiro atoms. The van der Waals surface area contributed by atoms with Crippen LogP contribution < -0.4 is 4.89 Å². The van der Waals surface area contributed by atoms with Crippen LogP contribution in [0.1, 0.15) is 373 Å². The maximum Gasteiger partial charge on any atom is 0.306 e. The van der Waals surface area contributed by atoms with E-state index in [2.05, 4.69) is 62.5 Å². The minimum atomic E-state index is -4.64. The zero-order valence-corrected chi connectivity index (χ0v) is 58.7. The Balaban J connectivity index is 3.97. The second-order valence-corrected chi connectivity index (χ2v) is 28.1. The van der Waals surface area contributed by atoms with E-state index in [-0.39, 0.29) is 32.0 Å². The van der Waals surface area contributed by atoms with Gasteiger partial charge in [-0.3, -0.25) is 14.2 Å². The van der Waals surface area contributed by atoms with Crippen molar-refractivity contribution in [2.45, 2.75) is 380 Å². The van der Waals surface area contributed by atoms with E-state index < -0.39 is 26.5 Å². The molecule has 0 bridgehead atoms. The van der Waals surface area contributed by atoms with Crippen LogP contribution in [0.2, 0.25) is 0 Å². The predicted molar refractivity (Wildman–Crippen MR) is 370 cm³/mol. The first-order valence-electron chi connectivity index (χ1n) is 37.3. The summed E-state index contributed by atoms with van der Waals surface area (Å²) in [6.45, 7) is 4.29. The zero-order valence-electron chi connectivity index (χ0n) is 57.8. The lowest BCUT2D eigenvalue weighted by Crippen LogP contribution is -2.37. The number of phosphoric acid groups is 1. The summed E-state index contributed by atoms with van der Waals surface area (Å²) in [5.41, 5.74) is 0. The number of allylic oxidation sites excluding steroid dienone is 8. The Labute approximate surface area is 534 Å². The molecule has 0 heterocycles. The third-order valence-corrected chi connectivity index (χ3v) is 17.8. The minimum absolute atomic E-state index is 0.0287. The van der Waals surface area contributed by atoms with Gasteiger partial charge in [0.1, 0.15) is 19.8 Å². The number of unbranched alkanes of at least 4 members (excludes halogenated alkanes) is 48. The maximum atomic E-state index is 12.9. The molecule has 10 heteroatoms. The molecule has 0 amide bonds.